The first-order valence-electron chi connectivity index (χ1n) is 12.1. The van der Waals surface area contributed by atoms with Crippen molar-refractivity contribution in [2.45, 2.75) is 51.9 Å². The Morgan fingerprint density at radius 2 is 1.82 bits per heavy atom. The van der Waals surface area contributed by atoms with Crippen molar-refractivity contribution >= 4 is 38.4 Å². The van der Waals surface area contributed by atoms with Gasteiger partial charge in [-0.05, 0) is 72.7 Å². The van der Waals surface area contributed by atoms with Gasteiger partial charge in [0.25, 0.3) is 0 Å². The average Bonchev–Trinajstić information content (AvgIpc) is 3.23. The van der Waals surface area contributed by atoms with Gasteiger partial charge in [0.1, 0.15) is 5.58 Å². The SMILES string of the molecule is C#C/C=C(C)\C=C(\C)CNc1cccc2c1oc1c(C3CCCCC3)cc3ccccc3c12. The maximum atomic E-state index is 6.71. The highest BCUT2D eigenvalue weighted by molar-refractivity contribution is 6.21. The Morgan fingerprint density at radius 1 is 1.03 bits per heavy atom. The molecule has 0 saturated heterocycles. The molecule has 2 heteroatoms. The van der Waals surface area contributed by atoms with Crippen LogP contribution in [0.25, 0.3) is 32.7 Å². The maximum absolute atomic E-state index is 6.71. The summed E-state index contributed by atoms with van der Waals surface area (Å²) < 4.78 is 6.71. The monoisotopic (exact) mass is 433 g/mol. The van der Waals surface area contributed by atoms with Crippen molar-refractivity contribution < 1.29 is 4.42 Å². The summed E-state index contributed by atoms with van der Waals surface area (Å²) in [5.74, 6) is 3.17. The van der Waals surface area contributed by atoms with Crippen molar-refractivity contribution in [1.29, 1.82) is 0 Å². The van der Waals surface area contributed by atoms with Crippen LogP contribution in [-0.2, 0) is 0 Å². The number of anilines is 1. The molecule has 1 saturated carbocycles. The van der Waals surface area contributed by atoms with Crippen LogP contribution in [0.15, 0.2) is 76.2 Å². The highest BCUT2D eigenvalue weighted by Gasteiger charge is 2.23. The second-order valence-electron chi connectivity index (χ2n) is 9.41. The van der Waals surface area contributed by atoms with Gasteiger partial charge in [0.2, 0.25) is 0 Å². The summed E-state index contributed by atoms with van der Waals surface area (Å²) in [7, 11) is 0. The van der Waals surface area contributed by atoms with E-state index in [-0.39, 0.29) is 0 Å². The summed E-state index contributed by atoms with van der Waals surface area (Å²) in [6.45, 7) is 4.89. The first-order chi connectivity index (χ1) is 16.2. The number of furan rings is 1. The van der Waals surface area contributed by atoms with Gasteiger partial charge in [-0.1, -0.05) is 73.2 Å². The highest BCUT2D eigenvalue weighted by Crippen LogP contribution is 2.44. The summed E-state index contributed by atoms with van der Waals surface area (Å²) >= 11 is 0. The first kappa shape index (κ1) is 21.4. The number of hydrogen-bond acceptors (Lipinski definition) is 2. The minimum atomic E-state index is 0.582. The molecule has 0 radical (unpaired) electrons. The Kier molecular flexibility index (Phi) is 5.97. The van der Waals surface area contributed by atoms with E-state index in [0.29, 0.717) is 5.92 Å². The lowest BCUT2D eigenvalue weighted by atomic mass is 9.82. The average molecular weight is 434 g/mol. The molecule has 3 aromatic carbocycles. The molecule has 0 unspecified atom stereocenters. The van der Waals surface area contributed by atoms with Crippen molar-refractivity contribution in [1.82, 2.24) is 0 Å². The van der Waals surface area contributed by atoms with Gasteiger partial charge in [0, 0.05) is 17.3 Å². The molecule has 0 aliphatic heterocycles. The minimum Gasteiger partial charge on any atom is -0.454 e. The third-order valence-corrected chi connectivity index (χ3v) is 6.91. The molecule has 1 aliphatic carbocycles. The normalized spacial score (nSPS) is 15.9. The molecule has 0 spiro atoms. The molecule has 0 bridgehead atoms. The molecule has 2 nitrogen and oxygen atoms in total. The van der Waals surface area contributed by atoms with E-state index in [1.165, 1.54) is 64.8 Å². The zero-order chi connectivity index (χ0) is 22.8. The van der Waals surface area contributed by atoms with E-state index in [0.717, 1.165) is 29.0 Å². The lowest BCUT2D eigenvalue weighted by Gasteiger charge is -2.22. The zero-order valence-electron chi connectivity index (χ0n) is 19.6. The molecule has 1 N–H and O–H groups in total. The molecule has 33 heavy (non-hydrogen) atoms. The van der Waals surface area contributed by atoms with Gasteiger partial charge in [-0.2, -0.15) is 0 Å². The van der Waals surface area contributed by atoms with Crippen LogP contribution in [0.3, 0.4) is 0 Å². The molecule has 5 rings (SSSR count). The summed E-state index contributed by atoms with van der Waals surface area (Å²) in [6.07, 6.45) is 15.8. The number of terminal acetylenes is 1. The van der Waals surface area contributed by atoms with Gasteiger partial charge >= 0.3 is 0 Å². The van der Waals surface area contributed by atoms with Crippen LogP contribution in [0.4, 0.5) is 5.69 Å². The van der Waals surface area contributed by atoms with Crippen LogP contribution in [0.1, 0.15) is 57.4 Å². The van der Waals surface area contributed by atoms with Crippen molar-refractivity contribution in [2.75, 3.05) is 11.9 Å². The molecule has 0 atom stereocenters. The lowest BCUT2D eigenvalue weighted by Crippen LogP contribution is -2.04. The Bertz CT molecular complexity index is 1420. The topological polar surface area (TPSA) is 25.2 Å². The van der Waals surface area contributed by atoms with E-state index in [1.54, 1.807) is 6.08 Å². The van der Waals surface area contributed by atoms with Gasteiger partial charge in [0.15, 0.2) is 5.58 Å². The number of nitrogens with one attached hydrogen (secondary N) is 1. The molecule has 1 heterocycles. The standard InChI is InChI=1S/C31H31NO/c1-4-11-21(2)18-22(3)20-32-28-17-10-16-26-29-25-15-9-8-14-24(25)19-27(31(29)33-30(26)28)23-12-6-5-7-13-23/h1,8-11,14-19,23,32H,5-7,12-13,20H2,2-3H3/b21-11-,22-18-. The smallest absolute Gasteiger partial charge is 0.158 e. The van der Waals surface area contributed by atoms with E-state index < -0.39 is 0 Å². The third kappa shape index (κ3) is 4.16. The van der Waals surface area contributed by atoms with Crippen LogP contribution >= 0.6 is 0 Å². The number of benzene rings is 3. The van der Waals surface area contributed by atoms with Crippen LogP contribution in [0.5, 0.6) is 0 Å². The van der Waals surface area contributed by atoms with Crippen molar-refractivity contribution in [3.8, 4) is 12.3 Å². The summed E-state index contributed by atoms with van der Waals surface area (Å²) in [4.78, 5) is 0. The maximum Gasteiger partial charge on any atom is 0.158 e. The Morgan fingerprint density at radius 3 is 2.64 bits per heavy atom. The first-order valence-corrected chi connectivity index (χ1v) is 12.1. The molecular formula is C31H31NO. The lowest BCUT2D eigenvalue weighted by molar-refractivity contribution is 0.442. The number of hydrogen-bond donors (Lipinski definition) is 1. The highest BCUT2D eigenvalue weighted by atomic mass is 16.3. The van der Waals surface area contributed by atoms with Crippen molar-refractivity contribution in [2.24, 2.45) is 0 Å². The Labute approximate surface area is 196 Å². The van der Waals surface area contributed by atoms with Crippen LogP contribution in [-0.4, -0.2) is 6.54 Å². The molecule has 0 amide bonds. The van der Waals surface area contributed by atoms with E-state index in [2.05, 4.69) is 72.8 Å². The predicted octanol–water partition coefficient (Wildman–Crippen LogP) is 8.72. The second-order valence-corrected chi connectivity index (χ2v) is 9.41. The number of para-hydroxylation sites is 1. The summed E-state index contributed by atoms with van der Waals surface area (Å²) in [5.41, 5.74) is 6.75. The zero-order valence-corrected chi connectivity index (χ0v) is 19.6. The number of allylic oxidation sites excluding steroid dienone is 3. The van der Waals surface area contributed by atoms with Crippen LogP contribution < -0.4 is 5.32 Å². The minimum absolute atomic E-state index is 0.582. The second kappa shape index (κ2) is 9.20. The largest absolute Gasteiger partial charge is 0.454 e. The van der Waals surface area contributed by atoms with E-state index in [4.69, 9.17) is 10.8 Å². The molecule has 1 aromatic heterocycles. The van der Waals surface area contributed by atoms with Gasteiger partial charge in [-0.15, -0.1) is 6.42 Å². The third-order valence-electron chi connectivity index (χ3n) is 6.91. The number of fused-ring (bicyclic) bond motifs is 5. The predicted molar refractivity (Wildman–Crippen MR) is 142 cm³/mol. The number of rotatable bonds is 5. The van der Waals surface area contributed by atoms with Gasteiger partial charge in [-0.25, -0.2) is 0 Å². The molecule has 4 aromatic rings. The van der Waals surface area contributed by atoms with Crippen LogP contribution in [0, 0.1) is 12.3 Å². The fourth-order valence-corrected chi connectivity index (χ4v) is 5.38. The van der Waals surface area contributed by atoms with Crippen molar-refractivity contribution in [3.63, 3.8) is 0 Å². The molecule has 1 fully saturated rings. The van der Waals surface area contributed by atoms with Gasteiger partial charge in [-0.3, -0.25) is 0 Å². The summed E-state index contributed by atoms with van der Waals surface area (Å²) in [6, 6.07) is 17.6. The van der Waals surface area contributed by atoms with Gasteiger partial charge in [0.05, 0.1) is 5.69 Å². The molecule has 166 valence electrons. The fourth-order valence-electron chi connectivity index (χ4n) is 5.38. The quantitative estimate of drug-likeness (QED) is 0.251. The molecule has 1 aliphatic rings. The van der Waals surface area contributed by atoms with E-state index >= 15 is 0 Å². The van der Waals surface area contributed by atoms with Gasteiger partial charge < -0.3 is 9.73 Å². The van der Waals surface area contributed by atoms with E-state index in [1.807, 2.05) is 6.92 Å². The van der Waals surface area contributed by atoms with Crippen LogP contribution in [0.2, 0.25) is 0 Å². The summed E-state index contributed by atoms with van der Waals surface area (Å²) in [5, 5.41) is 8.63. The molecular weight excluding hydrogens is 402 g/mol. The van der Waals surface area contributed by atoms with E-state index in [9.17, 15) is 0 Å². The Hall–Kier alpha value is -3.44. The Balaban J connectivity index is 1.63. The fraction of sp³-hybridized carbons (Fsp3) is 0.290. The van der Waals surface area contributed by atoms with Crippen molar-refractivity contribution in [3.05, 3.63) is 77.4 Å².